The van der Waals surface area contributed by atoms with E-state index in [1.807, 2.05) is 12.1 Å². The number of aromatic nitrogens is 1. The fourth-order valence-electron chi connectivity index (χ4n) is 3.63. The molecule has 122 valence electrons. The Balaban J connectivity index is 1.68. The van der Waals surface area contributed by atoms with E-state index in [0.29, 0.717) is 18.5 Å². The monoisotopic (exact) mass is 310 g/mol. The number of rotatable bonds is 6. The van der Waals surface area contributed by atoms with Gasteiger partial charge < -0.3 is 10.4 Å². The van der Waals surface area contributed by atoms with Gasteiger partial charge in [-0.15, -0.1) is 0 Å². The summed E-state index contributed by atoms with van der Waals surface area (Å²) in [7, 11) is 0. The molecule has 3 rings (SSSR count). The summed E-state index contributed by atoms with van der Waals surface area (Å²) in [5.74, 6) is 0.663. The number of hydrogen-bond donors (Lipinski definition) is 2. The van der Waals surface area contributed by atoms with Crippen molar-refractivity contribution in [3.05, 3.63) is 66.0 Å². The molecule has 0 saturated heterocycles. The molecule has 0 bridgehead atoms. The van der Waals surface area contributed by atoms with Crippen molar-refractivity contribution in [2.24, 2.45) is 5.92 Å². The molecule has 1 saturated carbocycles. The molecule has 0 spiro atoms. The third-order valence-corrected chi connectivity index (χ3v) is 4.90. The molecule has 3 heteroatoms. The van der Waals surface area contributed by atoms with Crippen LogP contribution in [0.15, 0.2) is 54.9 Å². The van der Waals surface area contributed by atoms with Crippen LogP contribution in [0.25, 0.3) is 0 Å². The number of pyridine rings is 1. The largest absolute Gasteiger partial charge is 0.387 e. The maximum Gasteiger partial charge on any atom is 0.0915 e. The Morgan fingerprint density at radius 2 is 1.65 bits per heavy atom. The summed E-state index contributed by atoms with van der Waals surface area (Å²) in [4.78, 5) is 4.01. The number of nitrogens with one attached hydrogen (secondary N) is 1. The van der Waals surface area contributed by atoms with E-state index >= 15 is 0 Å². The molecule has 1 aliphatic carbocycles. The highest BCUT2D eigenvalue weighted by atomic mass is 16.3. The van der Waals surface area contributed by atoms with Crippen LogP contribution in [-0.4, -0.2) is 16.6 Å². The predicted octanol–water partition coefficient (Wildman–Crippen LogP) is 4.03. The van der Waals surface area contributed by atoms with Gasteiger partial charge in [0, 0.05) is 25.0 Å². The zero-order valence-electron chi connectivity index (χ0n) is 13.6. The lowest BCUT2D eigenvalue weighted by Crippen LogP contribution is -2.32. The lowest BCUT2D eigenvalue weighted by Gasteiger charge is -2.32. The summed E-state index contributed by atoms with van der Waals surface area (Å²) in [5, 5.41) is 14.1. The van der Waals surface area contributed by atoms with Gasteiger partial charge in [0.05, 0.1) is 6.10 Å². The average molecular weight is 310 g/mol. The van der Waals surface area contributed by atoms with Gasteiger partial charge in [-0.2, -0.15) is 0 Å². The standard InChI is InChI=1S/C20H26N2O/c23-19(16-11-13-21-14-12-16)15-22-20(17-7-3-1-4-8-17)18-9-5-2-6-10-18/h1,3-4,7-8,11-14,18-20,22-23H,2,5-6,9-10,15H2/t19-,20+/m0/s1. The molecule has 1 heterocycles. The molecular weight excluding hydrogens is 284 g/mol. The first kappa shape index (κ1) is 16.2. The first-order valence-electron chi connectivity index (χ1n) is 8.71. The first-order chi connectivity index (χ1) is 11.3. The number of hydrogen-bond acceptors (Lipinski definition) is 3. The smallest absolute Gasteiger partial charge is 0.0915 e. The van der Waals surface area contributed by atoms with Crippen LogP contribution < -0.4 is 5.32 Å². The molecule has 1 fully saturated rings. The Kier molecular flexibility index (Phi) is 5.78. The van der Waals surface area contributed by atoms with E-state index in [4.69, 9.17) is 0 Å². The Morgan fingerprint density at radius 1 is 0.957 bits per heavy atom. The molecule has 0 radical (unpaired) electrons. The second-order valence-corrected chi connectivity index (χ2v) is 6.49. The van der Waals surface area contributed by atoms with Crippen LogP contribution in [0.4, 0.5) is 0 Å². The Bertz CT molecular complexity index is 567. The summed E-state index contributed by atoms with van der Waals surface area (Å²) in [6.45, 7) is 0.570. The highest BCUT2D eigenvalue weighted by Crippen LogP contribution is 2.34. The van der Waals surface area contributed by atoms with Gasteiger partial charge in [0.1, 0.15) is 0 Å². The number of nitrogens with zero attached hydrogens (tertiary/aromatic N) is 1. The van der Waals surface area contributed by atoms with Crippen molar-refractivity contribution in [1.29, 1.82) is 0 Å². The van der Waals surface area contributed by atoms with Crippen molar-refractivity contribution < 1.29 is 5.11 Å². The van der Waals surface area contributed by atoms with Gasteiger partial charge in [-0.25, -0.2) is 0 Å². The maximum atomic E-state index is 10.4. The number of aliphatic hydroxyl groups is 1. The van der Waals surface area contributed by atoms with Gasteiger partial charge in [-0.3, -0.25) is 4.98 Å². The lowest BCUT2D eigenvalue weighted by molar-refractivity contribution is 0.158. The number of aliphatic hydroxyl groups excluding tert-OH is 1. The van der Waals surface area contributed by atoms with Crippen molar-refractivity contribution in [2.45, 2.75) is 44.2 Å². The SMILES string of the molecule is O[C@@H](CN[C@H](c1ccccc1)C1CCCCC1)c1ccncc1. The van der Waals surface area contributed by atoms with Gasteiger partial charge >= 0.3 is 0 Å². The lowest BCUT2D eigenvalue weighted by atomic mass is 9.81. The van der Waals surface area contributed by atoms with Gasteiger partial charge in [-0.05, 0) is 42.0 Å². The summed E-state index contributed by atoms with van der Waals surface area (Å²) >= 11 is 0. The van der Waals surface area contributed by atoms with Crippen LogP contribution in [0, 0.1) is 5.92 Å². The van der Waals surface area contributed by atoms with Crippen LogP contribution in [0.3, 0.4) is 0 Å². The zero-order valence-corrected chi connectivity index (χ0v) is 13.6. The molecule has 0 aliphatic heterocycles. The minimum Gasteiger partial charge on any atom is -0.387 e. The van der Waals surface area contributed by atoms with Crippen LogP contribution in [-0.2, 0) is 0 Å². The fraction of sp³-hybridized carbons (Fsp3) is 0.450. The van der Waals surface area contributed by atoms with E-state index < -0.39 is 6.10 Å². The molecule has 23 heavy (non-hydrogen) atoms. The van der Waals surface area contributed by atoms with E-state index in [0.717, 1.165) is 5.56 Å². The van der Waals surface area contributed by atoms with E-state index in [-0.39, 0.29) is 0 Å². The van der Waals surface area contributed by atoms with Gasteiger partial charge in [0.25, 0.3) is 0 Å². The van der Waals surface area contributed by atoms with Crippen LogP contribution in [0.2, 0.25) is 0 Å². The molecule has 3 nitrogen and oxygen atoms in total. The van der Waals surface area contributed by atoms with Crippen molar-refractivity contribution in [2.75, 3.05) is 6.54 Å². The van der Waals surface area contributed by atoms with E-state index in [2.05, 4.69) is 40.6 Å². The fourth-order valence-corrected chi connectivity index (χ4v) is 3.63. The molecule has 0 unspecified atom stereocenters. The van der Waals surface area contributed by atoms with Crippen molar-refractivity contribution >= 4 is 0 Å². The Morgan fingerprint density at radius 3 is 2.35 bits per heavy atom. The molecule has 1 aromatic heterocycles. The van der Waals surface area contributed by atoms with Gasteiger partial charge in [0.15, 0.2) is 0 Å². The molecule has 2 aromatic rings. The summed E-state index contributed by atoms with van der Waals surface area (Å²) in [5.41, 5.74) is 2.25. The second-order valence-electron chi connectivity index (χ2n) is 6.49. The minimum absolute atomic E-state index is 0.327. The average Bonchev–Trinajstić information content (AvgIpc) is 2.64. The van der Waals surface area contributed by atoms with Crippen LogP contribution in [0.5, 0.6) is 0 Å². The maximum absolute atomic E-state index is 10.4. The highest BCUT2D eigenvalue weighted by Gasteiger charge is 2.25. The zero-order chi connectivity index (χ0) is 15.9. The highest BCUT2D eigenvalue weighted by molar-refractivity contribution is 5.20. The summed E-state index contributed by atoms with van der Waals surface area (Å²) < 4.78 is 0. The minimum atomic E-state index is -0.493. The van der Waals surface area contributed by atoms with Crippen molar-refractivity contribution in [3.63, 3.8) is 0 Å². The Labute approximate surface area is 138 Å². The molecule has 1 aliphatic rings. The van der Waals surface area contributed by atoms with E-state index in [9.17, 15) is 5.11 Å². The first-order valence-corrected chi connectivity index (χ1v) is 8.71. The topological polar surface area (TPSA) is 45.1 Å². The molecule has 0 amide bonds. The molecule has 2 N–H and O–H groups in total. The van der Waals surface area contributed by atoms with Gasteiger partial charge in [0.2, 0.25) is 0 Å². The third-order valence-electron chi connectivity index (χ3n) is 4.90. The number of benzene rings is 1. The Hall–Kier alpha value is -1.71. The summed E-state index contributed by atoms with van der Waals surface area (Å²) in [6.07, 6.45) is 9.52. The van der Waals surface area contributed by atoms with Crippen molar-refractivity contribution in [3.8, 4) is 0 Å². The van der Waals surface area contributed by atoms with E-state index in [1.54, 1.807) is 12.4 Å². The molecule has 2 atom stereocenters. The van der Waals surface area contributed by atoms with E-state index in [1.165, 1.54) is 37.7 Å². The van der Waals surface area contributed by atoms with Crippen molar-refractivity contribution in [1.82, 2.24) is 10.3 Å². The normalized spacial score (nSPS) is 18.5. The molecular formula is C20H26N2O. The predicted molar refractivity (Wildman–Crippen MR) is 93.0 cm³/mol. The second kappa shape index (κ2) is 8.23. The van der Waals surface area contributed by atoms with Gasteiger partial charge in [-0.1, -0.05) is 49.6 Å². The molecule has 1 aromatic carbocycles. The quantitative estimate of drug-likeness (QED) is 0.847. The van der Waals surface area contributed by atoms with Crippen LogP contribution >= 0.6 is 0 Å². The third kappa shape index (κ3) is 4.40. The summed E-state index contributed by atoms with van der Waals surface area (Å²) in [6, 6.07) is 14.8. The van der Waals surface area contributed by atoms with Crippen LogP contribution in [0.1, 0.15) is 55.4 Å².